The first-order valence-electron chi connectivity index (χ1n) is 7.64. The van der Waals surface area contributed by atoms with Crippen molar-refractivity contribution in [2.45, 2.75) is 13.0 Å². The molecule has 2 N–H and O–H groups in total. The maximum Gasteiger partial charge on any atom is 0.268 e. The van der Waals surface area contributed by atoms with E-state index in [2.05, 4.69) is 20.6 Å². The quantitative estimate of drug-likeness (QED) is 0.755. The molecular formula is C17H15N5O2. The Labute approximate surface area is 137 Å². The number of nitrogens with one attached hydrogen (secondary N) is 2. The molecule has 1 atom stereocenters. The fraction of sp³-hybridized carbons (Fsp3) is 0.176. The molecule has 0 bridgehead atoms. The van der Waals surface area contributed by atoms with Gasteiger partial charge in [0, 0.05) is 41.4 Å². The monoisotopic (exact) mass is 321 g/mol. The molecule has 2 amide bonds. The number of fused-ring (bicyclic) bond motifs is 3. The standard InChI is InChI=1S/C17H15N5O2/c1-10-8-20-17(24)14-6-11-2-3-12(7-13(11)22(10)14)16(23)21-15-9-18-4-5-19-15/h2-7,9-10H,8H2,1H3,(H,20,24)(H,19,21,23). The summed E-state index contributed by atoms with van der Waals surface area (Å²) in [4.78, 5) is 32.4. The second kappa shape index (κ2) is 5.45. The number of carbonyl (C=O) groups excluding carboxylic acids is 2. The van der Waals surface area contributed by atoms with Gasteiger partial charge in [-0.25, -0.2) is 4.98 Å². The van der Waals surface area contributed by atoms with Gasteiger partial charge in [-0.05, 0) is 25.1 Å². The van der Waals surface area contributed by atoms with E-state index in [9.17, 15) is 9.59 Å². The molecular weight excluding hydrogens is 306 g/mol. The molecule has 0 fully saturated rings. The fourth-order valence-corrected chi connectivity index (χ4v) is 2.99. The van der Waals surface area contributed by atoms with Gasteiger partial charge in [-0.1, -0.05) is 6.07 Å². The first kappa shape index (κ1) is 14.4. The number of benzene rings is 1. The predicted molar refractivity (Wildman–Crippen MR) is 89.0 cm³/mol. The molecule has 0 saturated carbocycles. The number of carbonyl (C=O) groups is 2. The van der Waals surface area contributed by atoms with Crippen LogP contribution < -0.4 is 10.6 Å². The molecule has 0 saturated heterocycles. The molecule has 1 aliphatic rings. The summed E-state index contributed by atoms with van der Waals surface area (Å²) in [5.41, 5.74) is 2.00. The van der Waals surface area contributed by atoms with Crippen molar-refractivity contribution in [1.29, 1.82) is 0 Å². The Morgan fingerprint density at radius 1 is 1.33 bits per heavy atom. The molecule has 0 radical (unpaired) electrons. The van der Waals surface area contributed by atoms with Crippen LogP contribution in [0.3, 0.4) is 0 Å². The third kappa shape index (κ3) is 2.30. The first-order valence-corrected chi connectivity index (χ1v) is 7.64. The van der Waals surface area contributed by atoms with Gasteiger partial charge in [0.05, 0.1) is 6.20 Å². The van der Waals surface area contributed by atoms with Crippen LogP contribution in [0.4, 0.5) is 5.82 Å². The first-order chi connectivity index (χ1) is 11.6. The van der Waals surface area contributed by atoms with Crippen molar-refractivity contribution in [3.8, 4) is 0 Å². The second-order valence-corrected chi connectivity index (χ2v) is 5.78. The van der Waals surface area contributed by atoms with Crippen molar-refractivity contribution in [2.24, 2.45) is 0 Å². The van der Waals surface area contributed by atoms with E-state index in [1.807, 2.05) is 23.6 Å². The molecule has 4 rings (SSSR count). The van der Waals surface area contributed by atoms with Crippen LogP contribution in [-0.4, -0.2) is 32.9 Å². The molecule has 7 heteroatoms. The summed E-state index contributed by atoms with van der Waals surface area (Å²) < 4.78 is 1.98. The van der Waals surface area contributed by atoms with E-state index in [1.54, 1.807) is 18.3 Å². The minimum absolute atomic E-state index is 0.0881. The highest BCUT2D eigenvalue weighted by molar-refractivity contribution is 6.07. The molecule has 1 aliphatic heterocycles. The van der Waals surface area contributed by atoms with Crippen molar-refractivity contribution in [3.05, 3.63) is 54.1 Å². The molecule has 1 aromatic carbocycles. The normalized spacial score (nSPS) is 16.5. The second-order valence-electron chi connectivity index (χ2n) is 5.78. The highest BCUT2D eigenvalue weighted by Crippen LogP contribution is 2.27. The summed E-state index contributed by atoms with van der Waals surface area (Å²) >= 11 is 0. The molecule has 2 aromatic heterocycles. The van der Waals surface area contributed by atoms with Crippen LogP contribution in [0.25, 0.3) is 10.9 Å². The molecule has 3 aromatic rings. The van der Waals surface area contributed by atoms with Gasteiger partial charge >= 0.3 is 0 Å². The van der Waals surface area contributed by atoms with Crippen molar-refractivity contribution >= 4 is 28.5 Å². The van der Waals surface area contributed by atoms with Gasteiger partial charge in [-0.3, -0.25) is 14.6 Å². The van der Waals surface area contributed by atoms with Crippen LogP contribution >= 0.6 is 0 Å². The molecule has 1 unspecified atom stereocenters. The van der Waals surface area contributed by atoms with E-state index in [-0.39, 0.29) is 17.9 Å². The van der Waals surface area contributed by atoms with E-state index < -0.39 is 0 Å². The average Bonchev–Trinajstić information content (AvgIpc) is 2.99. The van der Waals surface area contributed by atoms with Crippen molar-refractivity contribution < 1.29 is 9.59 Å². The SMILES string of the molecule is CC1CNC(=O)c2cc3ccc(C(=O)Nc4cnccn4)cc3n21. The molecule has 0 aliphatic carbocycles. The summed E-state index contributed by atoms with van der Waals surface area (Å²) in [6.07, 6.45) is 4.55. The van der Waals surface area contributed by atoms with Crippen LogP contribution in [0, 0.1) is 0 Å². The third-order valence-corrected chi connectivity index (χ3v) is 4.14. The number of anilines is 1. The number of hydrogen-bond acceptors (Lipinski definition) is 4. The summed E-state index contributed by atoms with van der Waals surface area (Å²) in [6.45, 7) is 2.61. The van der Waals surface area contributed by atoms with Crippen LogP contribution in [0.15, 0.2) is 42.9 Å². The highest BCUT2D eigenvalue weighted by Gasteiger charge is 2.24. The summed E-state index contributed by atoms with van der Waals surface area (Å²) in [7, 11) is 0. The molecule has 0 spiro atoms. The molecule has 120 valence electrons. The zero-order chi connectivity index (χ0) is 16.7. The van der Waals surface area contributed by atoms with Crippen LogP contribution in [-0.2, 0) is 0 Å². The average molecular weight is 321 g/mol. The number of amides is 2. The number of nitrogens with zero attached hydrogens (tertiary/aromatic N) is 3. The zero-order valence-corrected chi connectivity index (χ0v) is 13.0. The van der Waals surface area contributed by atoms with E-state index in [1.165, 1.54) is 12.4 Å². The third-order valence-electron chi connectivity index (χ3n) is 4.14. The van der Waals surface area contributed by atoms with E-state index in [4.69, 9.17) is 0 Å². The Morgan fingerprint density at radius 2 is 2.21 bits per heavy atom. The summed E-state index contributed by atoms with van der Waals surface area (Å²) in [5, 5.41) is 6.51. The van der Waals surface area contributed by atoms with Gasteiger partial charge in [0.15, 0.2) is 5.82 Å². The van der Waals surface area contributed by atoms with E-state index in [0.29, 0.717) is 23.6 Å². The Balaban J connectivity index is 1.74. The summed E-state index contributed by atoms with van der Waals surface area (Å²) in [6, 6.07) is 7.38. The smallest absolute Gasteiger partial charge is 0.268 e. The Bertz CT molecular complexity index is 948. The van der Waals surface area contributed by atoms with Crippen molar-refractivity contribution in [2.75, 3.05) is 11.9 Å². The Morgan fingerprint density at radius 3 is 3.00 bits per heavy atom. The Kier molecular flexibility index (Phi) is 3.26. The maximum absolute atomic E-state index is 12.4. The van der Waals surface area contributed by atoms with Gasteiger partial charge in [0.2, 0.25) is 0 Å². The number of hydrogen-bond donors (Lipinski definition) is 2. The van der Waals surface area contributed by atoms with Crippen LogP contribution in [0.1, 0.15) is 33.8 Å². The largest absolute Gasteiger partial charge is 0.349 e. The zero-order valence-electron chi connectivity index (χ0n) is 13.0. The van der Waals surface area contributed by atoms with E-state index in [0.717, 1.165) is 10.9 Å². The lowest BCUT2D eigenvalue weighted by Crippen LogP contribution is -2.37. The van der Waals surface area contributed by atoms with Crippen LogP contribution in [0.5, 0.6) is 0 Å². The van der Waals surface area contributed by atoms with Crippen molar-refractivity contribution in [3.63, 3.8) is 0 Å². The lowest BCUT2D eigenvalue weighted by molar-refractivity contribution is 0.0919. The van der Waals surface area contributed by atoms with Gasteiger partial charge in [-0.15, -0.1) is 0 Å². The minimum Gasteiger partial charge on any atom is -0.349 e. The fourth-order valence-electron chi connectivity index (χ4n) is 2.99. The molecule has 7 nitrogen and oxygen atoms in total. The number of aromatic nitrogens is 3. The highest BCUT2D eigenvalue weighted by atomic mass is 16.2. The van der Waals surface area contributed by atoms with Gasteiger partial charge in [0.25, 0.3) is 11.8 Å². The summed E-state index contributed by atoms with van der Waals surface area (Å²) in [5.74, 6) is 0.0447. The maximum atomic E-state index is 12.4. The number of rotatable bonds is 2. The lowest BCUT2D eigenvalue weighted by atomic mass is 10.1. The topological polar surface area (TPSA) is 88.9 Å². The van der Waals surface area contributed by atoms with Gasteiger partial charge in [0.1, 0.15) is 5.69 Å². The van der Waals surface area contributed by atoms with Gasteiger partial charge < -0.3 is 15.2 Å². The Hall–Kier alpha value is -3.22. The van der Waals surface area contributed by atoms with E-state index >= 15 is 0 Å². The lowest BCUT2D eigenvalue weighted by Gasteiger charge is -2.24. The molecule has 3 heterocycles. The minimum atomic E-state index is -0.263. The van der Waals surface area contributed by atoms with Gasteiger partial charge in [-0.2, -0.15) is 0 Å². The van der Waals surface area contributed by atoms with Crippen molar-refractivity contribution in [1.82, 2.24) is 19.9 Å². The van der Waals surface area contributed by atoms with Crippen LogP contribution in [0.2, 0.25) is 0 Å². The predicted octanol–water partition coefficient (Wildman–Crippen LogP) is 1.99. The molecule has 24 heavy (non-hydrogen) atoms.